The first-order valence-electron chi connectivity index (χ1n) is 4.20. The Morgan fingerprint density at radius 3 is 2.79 bits per heavy atom. The van der Waals surface area contributed by atoms with Crippen LogP contribution in [0.5, 0.6) is 0 Å². The summed E-state index contributed by atoms with van der Waals surface area (Å²) >= 11 is 0. The molecular formula is C9H9N3O2. The second-order valence-corrected chi connectivity index (χ2v) is 2.98. The van der Waals surface area contributed by atoms with Crippen molar-refractivity contribution in [2.45, 2.75) is 6.04 Å². The molecule has 2 rings (SSSR count). The molecule has 5 heteroatoms. The van der Waals surface area contributed by atoms with Crippen LogP contribution in [-0.4, -0.2) is 35.0 Å². The molecule has 1 aliphatic heterocycles. The van der Waals surface area contributed by atoms with Gasteiger partial charge in [-0.25, -0.2) is 4.79 Å². The molecule has 1 N–H and O–H groups in total. The molecule has 0 radical (unpaired) electrons. The fourth-order valence-electron chi connectivity index (χ4n) is 1.29. The third kappa shape index (κ3) is 1.56. The molecule has 0 fully saturated rings. The van der Waals surface area contributed by atoms with E-state index < -0.39 is 12.0 Å². The number of carboxylic acid groups (broad SMARTS) is 1. The van der Waals surface area contributed by atoms with Crippen molar-refractivity contribution >= 4 is 18.0 Å². The highest BCUT2D eigenvalue weighted by Crippen LogP contribution is 2.15. The average Bonchev–Trinajstić information content (AvgIpc) is 2.68. The number of aliphatic carboxylic acids is 1. The molecular weight excluding hydrogens is 182 g/mol. The van der Waals surface area contributed by atoms with Crippen molar-refractivity contribution in [3.8, 4) is 0 Å². The SMILES string of the molecule is O=C(O)C1CN(c2ccncc2)C=N1. The number of carbonyl (C=O) groups is 1. The molecule has 0 aliphatic carbocycles. The van der Waals surface area contributed by atoms with E-state index in [-0.39, 0.29) is 0 Å². The molecule has 0 bridgehead atoms. The average molecular weight is 191 g/mol. The second kappa shape index (κ2) is 3.45. The van der Waals surface area contributed by atoms with Gasteiger partial charge in [0.05, 0.1) is 12.9 Å². The van der Waals surface area contributed by atoms with Crippen molar-refractivity contribution < 1.29 is 9.90 Å². The Balaban J connectivity index is 2.11. The fraction of sp³-hybridized carbons (Fsp3) is 0.222. The summed E-state index contributed by atoms with van der Waals surface area (Å²) in [7, 11) is 0. The molecule has 0 aromatic carbocycles. The maximum absolute atomic E-state index is 10.6. The zero-order valence-electron chi connectivity index (χ0n) is 7.37. The molecule has 0 saturated carbocycles. The van der Waals surface area contributed by atoms with E-state index in [1.165, 1.54) is 0 Å². The number of carboxylic acids is 1. The molecule has 1 aromatic rings. The van der Waals surface area contributed by atoms with Crippen LogP contribution in [0.1, 0.15) is 0 Å². The summed E-state index contributed by atoms with van der Waals surface area (Å²) in [4.78, 5) is 20.2. The van der Waals surface area contributed by atoms with E-state index in [0.717, 1.165) is 5.69 Å². The van der Waals surface area contributed by atoms with Gasteiger partial charge in [0, 0.05) is 18.1 Å². The third-order valence-electron chi connectivity index (χ3n) is 2.04. The second-order valence-electron chi connectivity index (χ2n) is 2.98. The summed E-state index contributed by atoms with van der Waals surface area (Å²) in [6, 6.07) is 2.98. The van der Waals surface area contributed by atoms with Crippen LogP contribution >= 0.6 is 0 Å². The highest BCUT2D eigenvalue weighted by atomic mass is 16.4. The van der Waals surface area contributed by atoms with Crippen LogP contribution in [0.2, 0.25) is 0 Å². The van der Waals surface area contributed by atoms with E-state index in [1.807, 2.05) is 12.1 Å². The highest BCUT2D eigenvalue weighted by molar-refractivity contribution is 5.87. The minimum absolute atomic E-state index is 0.388. The van der Waals surface area contributed by atoms with Gasteiger partial charge >= 0.3 is 5.97 Å². The number of anilines is 1. The van der Waals surface area contributed by atoms with Crippen molar-refractivity contribution in [3.63, 3.8) is 0 Å². The number of pyridine rings is 1. The van der Waals surface area contributed by atoms with Crippen LogP contribution in [0.25, 0.3) is 0 Å². The number of aromatic nitrogens is 1. The third-order valence-corrected chi connectivity index (χ3v) is 2.04. The molecule has 1 aliphatic rings. The summed E-state index contributed by atoms with van der Waals surface area (Å²) in [5.41, 5.74) is 0.910. The van der Waals surface area contributed by atoms with Gasteiger partial charge in [-0.15, -0.1) is 0 Å². The van der Waals surface area contributed by atoms with E-state index in [0.29, 0.717) is 6.54 Å². The van der Waals surface area contributed by atoms with E-state index in [2.05, 4.69) is 9.98 Å². The normalized spacial score (nSPS) is 20.0. The van der Waals surface area contributed by atoms with Crippen molar-refractivity contribution in [2.75, 3.05) is 11.4 Å². The number of rotatable bonds is 2. The molecule has 0 saturated heterocycles. The lowest BCUT2D eigenvalue weighted by Gasteiger charge is -2.13. The van der Waals surface area contributed by atoms with E-state index >= 15 is 0 Å². The first kappa shape index (κ1) is 8.68. The Morgan fingerprint density at radius 1 is 1.50 bits per heavy atom. The fourth-order valence-corrected chi connectivity index (χ4v) is 1.29. The van der Waals surface area contributed by atoms with E-state index in [1.54, 1.807) is 23.6 Å². The molecule has 1 aromatic heterocycles. The number of hydrogen-bond acceptors (Lipinski definition) is 4. The van der Waals surface area contributed by atoms with Crippen LogP contribution in [0, 0.1) is 0 Å². The Kier molecular flexibility index (Phi) is 2.14. The van der Waals surface area contributed by atoms with Gasteiger partial charge in [0.2, 0.25) is 0 Å². The lowest BCUT2D eigenvalue weighted by atomic mass is 10.3. The van der Waals surface area contributed by atoms with Crippen LogP contribution in [0.3, 0.4) is 0 Å². The summed E-state index contributed by atoms with van der Waals surface area (Å²) in [6.07, 6.45) is 4.88. The van der Waals surface area contributed by atoms with Crippen LogP contribution < -0.4 is 4.90 Å². The maximum atomic E-state index is 10.6. The predicted octanol–water partition coefficient (Wildman–Crippen LogP) is 0.383. The standard InChI is InChI=1S/C9H9N3O2/c13-9(14)8-5-12(6-11-8)7-1-3-10-4-2-7/h1-4,6,8H,5H2,(H,13,14). The summed E-state index contributed by atoms with van der Waals surface area (Å²) < 4.78 is 0. The van der Waals surface area contributed by atoms with Crippen molar-refractivity contribution in [1.82, 2.24) is 4.98 Å². The zero-order valence-corrected chi connectivity index (χ0v) is 7.37. The Labute approximate surface area is 80.7 Å². The summed E-state index contributed by atoms with van der Waals surface area (Å²) in [5, 5.41) is 8.73. The smallest absolute Gasteiger partial charge is 0.330 e. The number of nitrogens with zero attached hydrogens (tertiary/aromatic N) is 3. The topological polar surface area (TPSA) is 65.8 Å². The zero-order chi connectivity index (χ0) is 9.97. The van der Waals surface area contributed by atoms with Gasteiger partial charge in [-0.2, -0.15) is 0 Å². The molecule has 2 heterocycles. The lowest BCUT2D eigenvalue weighted by molar-refractivity contribution is -0.137. The molecule has 14 heavy (non-hydrogen) atoms. The molecule has 1 unspecified atom stereocenters. The van der Waals surface area contributed by atoms with Crippen LogP contribution in [0.4, 0.5) is 5.69 Å². The van der Waals surface area contributed by atoms with Gasteiger partial charge in [-0.1, -0.05) is 0 Å². The molecule has 0 spiro atoms. The Bertz CT molecular complexity index is 364. The molecule has 1 atom stereocenters. The summed E-state index contributed by atoms with van der Waals surface area (Å²) in [5.74, 6) is -0.891. The predicted molar refractivity (Wildman–Crippen MR) is 51.5 cm³/mol. The summed E-state index contributed by atoms with van der Waals surface area (Å²) in [6.45, 7) is 0.388. The maximum Gasteiger partial charge on any atom is 0.330 e. The minimum Gasteiger partial charge on any atom is -0.480 e. The van der Waals surface area contributed by atoms with Gasteiger partial charge in [-0.3, -0.25) is 9.98 Å². The largest absolute Gasteiger partial charge is 0.480 e. The molecule has 0 amide bonds. The van der Waals surface area contributed by atoms with Crippen LogP contribution in [0.15, 0.2) is 29.5 Å². The Morgan fingerprint density at radius 2 is 2.21 bits per heavy atom. The van der Waals surface area contributed by atoms with Gasteiger partial charge in [-0.05, 0) is 12.1 Å². The van der Waals surface area contributed by atoms with Gasteiger partial charge in [0.1, 0.15) is 0 Å². The Hall–Kier alpha value is -1.91. The van der Waals surface area contributed by atoms with E-state index in [4.69, 9.17) is 5.11 Å². The lowest BCUT2D eigenvalue weighted by Crippen LogP contribution is -2.27. The van der Waals surface area contributed by atoms with Gasteiger partial charge in [0.15, 0.2) is 6.04 Å². The van der Waals surface area contributed by atoms with Crippen molar-refractivity contribution in [2.24, 2.45) is 4.99 Å². The number of aliphatic imine (C=N–C) groups is 1. The number of hydrogen-bond donors (Lipinski definition) is 1. The quantitative estimate of drug-likeness (QED) is 0.734. The van der Waals surface area contributed by atoms with Crippen molar-refractivity contribution in [3.05, 3.63) is 24.5 Å². The highest BCUT2D eigenvalue weighted by Gasteiger charge is 2.24. The van der Waals surface area contributed by atoms with Crippen LogP contribution in [-0.2, 0) is 4.79 Å². The monoisotopic (exact) mass is 191 g/mol. The molecule has 5 nitrogen and oxygen atoms in total. The van der Waals surface area contributed by atoms with E-state index in [9.17, 15) is 4.79 Å². The first-order valence-corrected chi connectivity index (χ1v) is 4.20. The van der Waals surface area contributed by atoms with Gasteiger partial charge < -0.3 is 10.0 Å². The first-order chi connectivity index (χ1) is 6.77. The van der Waals surface area contributed by atoms with Gasteiger partial charge in [0.25, 0.3) is 0 Å². The van der Waals surface area contributed by atoms with Crippen molar-refractivity contribution in [1.29, 1.82) is 0 Å². The minimum atomic E-state index is -0.891. The molecule has 72 valence electrons.